The van der Waals surface area contributed by atoms with Gasteiger partial charge in [0.2, 0.25) is 0 Å². The third-order valence-electron chi connectivity index (χ3n) is 2.69. The van der Waals surface area contributed by atoms with Gasteiger partial charge in [0.15, 0.2) is 0 Å². The number of hydrogen-bond acceptors (Lipinski definition) is 4. The Balaban J connectivity index is 2.31. The van der Waals surface area contributed by atoms with Crippen LogP contribution >= 0.6 is 15.9 Å². The summed E-state index contributed by atoms with van der Waals surface area (Å²) < 4.78 is 0.782. The first-order chi connectivity index (χ1) is 9.65. The Bertz CT molecular complexity index is 694. The molecule has 1 amide bonds. The van der Waals surface area contributed by atoms with Crippen LogP contribution in [0.3, 0.4) is 0 Å². The number of halogens is 1. The zero-order valence-electron chi connectivity index (χ0n) is 10.6. The Morgan fingerprint density at radius 3 is 2.85 bits per heavy atom. The molecule has 100 valence electrons. The van der Waals surface area contributed by atoms with Crippen LogP contribution < -0.4 is 10.6 Å². The summed E-state index contributed by atoms with van der Waals surface area (Å²) in [7, 11) is 1.73. The normalized spacial score (nSPS) is 9.65. The first kappa shape index (κ1) is 14.0. The van der Waals surface area contributed by atoms with Crippen molar-refractivity contribution < 1.29 is 4.79 Å². The molecule has 1 aromatic heterocycles. The standard InChI is InChI=1S/C14H11BrN4O/c1-17-13-4-5-18-8-11(13)14(20)19-12-3-2-10(15)6-9(12)7-16/h2-6,8H,1H3,(H,17,18)(H,19,20). The average Bonchev–Trinajstić information content (AvgIpc) is 2.48. The lowest BCUT2D eigenvalue weighted by Crippen LogP contribution is -2.15. The molecule has 0 aliphatic rings. The molecule has 0 bridgehead atoms. The van der Waals surface area contributed by atoms with Crippen molar-refractivity contribution in [1.29, 1.82) is 5.26 Å². The Hall–Kier alpha value is -2.39. The molecule has 20 heavy (non-hydrogen) atoms. The Kier molecular flexibility index (Phi) is 4.33. The minimum absolute atomic E-state index is 0.318. The van der Waals surface area contributed by atoms with Crippen LogP contribution in [-0.4, -0.2) is 17.9 Å². The van der Waals surface area contributed by atoms with Gasteiger partial charge in [0.1, 0.15) is 6.07 Å². The van der Waals surface area contributed by atoms with E-state index in [1.807, 2.05) is 6.07 Å². The topological polar surface area (TPSA) is 77.8 Å². The number of aromatic nitrogens is 1. The fourth-order valence-electron chi connectivity index (χ4n) is 1.70. The number of nitrogens with one attached hydrogen (secondary N) is 2. The van der Waals surface area contributed by atoms with Gasteiger partial charge in [-0.15, -0.1) is 0 Å². The fourth-order valence-corrected chi connectivity index (χ4v) is 2.06. The Labute approximate surface area is 124 Å². The van der Waals surface area contributed by atoms with Crippen LogP contribution in [0.2, 0.25) is 0 Å². The van der Waals surface area contributed by atoms with E-state index in [2.05, 4.69) is 31.5 Å². The van der Waals surface area contributed by atoms with Gasteiger partial charge in [-0.2, -0.15) is 5.26 Å². The molecule has 0 radical (unpaired) electrons. The molecule has 0 unspecified atom stereocenters. The van der Waals surface area contributed by atoms with Crippen molar-refractivity contribution in [2.24, 2.45) is 0 Å². The zero-order chi connectivity index (χ0) is 14.5. The van der Waals surface area contributed by atoms with E-state index >= 15 is 0 Å². The zero-order valence-corrected chi connectivity index (χ0v) is 12.2. The van der Waals surface area contributed by atoms with Crippen LogP contribution in [0.15, 0.2) is 41.1 Å². The van der Waals surface area contributed by atoms with Crippen LogP contribution in [0.4, 0.5) is 11.4 Å². The first-order valence-electron chi connectivity index (χ1n) is 5.78. The molecule has 0 spiro atoms. The summed E-state index contributed by atoms with van der Waals surface area (Å²) in [4.78, 5) is 16.2. The molecule has 1 aromatic carbocycles. The number of pyridine rings is 1. The number of hydrogen-bond donors (Lipinski definition) is 2. The molecular formula is C14H11BrN4O. The van der Waals surface area contributed by atoms with Gasteiger partial charge in [-0.05, 0) is 24.3 Å². The van der Waals surface area contributed by atoms with E-state index in [-0.39, 0.29) is 5.91 Å². The molecule has 2 rings (SSSR count). The number of nitriles is 1. The molecule has 6 heteroatoms. The van der Waals surface area contributed by atoms with E-state index in [1.54, 1.807) is 37.5 Å². The Morgan fingerprint density at radius 2 is 2.15 bits per heavy atom. The Morgan fingerprint density at radius 1 is 1.35 bits per heavy atom. The number of rotatable bonds is 3. The minimum atomic E-state index is -0.318. The van der Waals surface area contributed by atoms with Gasteiger partial charge in [-0.3, -0.25) is 9.78 Å². The maximum atomic E-state index is 12.2. The van der Waals surface area contributed by atoms with Crippen molar-refractivity contribution in [3.05, 3.63) is 52.3 Å². The maximum Gasteiger partial charge on any atom is 0.259 e. The number of carbonyl (C=O) groups excluding carboxylic acids is 1. The monoisotopic (exact) mass is 330 g/mol. The van der Waals surface area contributed by atoms with Crippen LogP contribution in [0.1, 0.15) is 15.9 Å². The third-order valence-corrected chi connectivity index (χ3v) is 3.18. The van der Waals surface area contributed by atoms with E-state index in [1.165, 1.54) is 6.20 Å². The van der Waals surface area contributed by atoms with Gasteiger partial charge in [-0.25, -0.2) is 0 Å². The van der Waals surface area contributed by atoms with Crippen LogP contribution in [0.5, 0.6) is 0 Å². The summed E-state index contributed by atoms with van der Waals surface area (Å²) in [6.45, 7) is 0. The molecule has 1 heterocycles. The summed E-state index contributed by atoms with van der Waals surface area (Å²) in [5.41, 5.74) is 1.95. The summed E-state index contributed by atoms with van der Waals surface area (Å²) >= 11 is 3.29. The van der Waals surface area contributed by atoms with Crippen LogP contribution in [0, 0.1) is 11.3 Å². The van der Waals surface area contributed by atoms with E-state index < -0.39 is 0 Å². The van der Waals surface area contributed by atoms with Gasteiger partial charge >= 0.3 is 0 Å². The van der Waals surface area contributed by atoms with Gasteiger partial charge in [0.25, 0.3) is 5.91 Å². The van der Waals surface area contributed by atoms with Crippen molar-refractivity contribution >= 4 is 33.2 Å². The lowest BCUT2D eigenvalue weighted by atomic mass is 10.1. The largest absolute Gasteiger partial charge is 0.387 e. The minimum Gasteiger partial charge on any atom is -0.387 e. The second kappa shape index (κ2) is 6.17. The fraction of sp³-hybridized carbons (Fsp3) is 0.0714. The van der Waals surface area contributed by atoms with Crippen LogP contribution in [-0.2, 0) is 0 Å². The van der Waals surface area contributed by atoms with Crippen molar-refractivity contribution in [1.82, 2.24) is 4.98 Å². The highest BCUT2D eigenvalue weighted by Crippen LogP contribution is 2.22. The molecule has 2 aromatic rings. The third kappa shape index (κ3) is 2.95. The second-order valence-corrected chi connectivity index (χ2v) is 4.84. The smallest absolute Gasteiger partial charge is 0.259 e. The molecule has 2 N–H and O–H groups in total. The molecule has 0 aliphatic carbocycles. The number of nitrogens with zero attached hydrogens (tertiary/aromatic N) is 2. The predicted molar refractivity (Wildman–Crippen MR) is 80.6 cm³/mol. The quantitative estimate of drug-likeness (QED) is 0.906. The van der Waals surface area contributed by atoms with Gasteiger partial charge in [-0.1, -0.05) is 15.9 Å². The van der Waals surface area contributed by atoms with Crippen molar-refractivity contribution in [2.75, 3.05) is 17.7 Å². The predicted octanol–water partition coefficient (Wildman–Crippen LogP) is 3.01. The maximum absolute atomic E-state index is 12.2. The van der Waals surface area contributed by atoms with Gasteiger partial charge < -0.3 is 10.6 Å². The summed E-state index contributed by atoms with van der Waals surface area (Å²) in [5.74, 6) is -0.318. The lowest BCUT2D eigenvalue weighted by Gasteiger charge is -2.10. The van der Waals surface area contributed by atoms with Crippen LogP contribution in [0.25, 0.3) is 0 Å². The number of carbonyl (C=O) groups is 1. The lowest BCUT2D eigenvalue weighted by molar-refractivity contribution is 0.102. The summed E-state index contributed by atoms with van der Waals surface area (Å²) in [6.07, 6.45) is 3.08. The molecule has 0 fully saturated rings. The number of anilines is 2. The van der Waals surface area contributed by atoms with E-state index in [0.717, 1.165) is 4.47 Å². The molecule has 5 nitrogen and oxygen atoms in total. The second-order valence-electron chi connectivity index (χ2n) is 3.93. The van der Waals surface area contributed by atoms with Gasteiger partial charge in [0, 0.05) is 29.6 Å². The van der Waals surface area contributed by atoms with Crippen molar-refractivity contribution in [3.8, 4) is 6.07 Å². The van der Waals surface area contributed by atoms with E-state index in [0.29, 0.717) is 22.5 Å². The average molecular weight is 331 g/mol. The SMILES string of the molecule is CNc1ccncc1C(=O)Nc1ccc(Br)cc1C#N. The first-order valence-corrected chi connectivity index (χ1v) is 6.57. The number of amides is 1. The molecule has 0 aliphatic heterocycles. The molecule has 0 saturated heterocycles. The van der Waals surface area contributed by atoms with E-state index in [4.69, 9.17) is 5.26 Å². The molecule has 0 atom stereocenters. The summed E-state index contributed by atoms with van der Waals surface area (Å²) in [5, 5.41) is 14.7. The highest BCUT2D eigenvalue weighted by Gasteiger charge is 2.13. The summed E-state index contributed by atoms with van der Waals surface area (Å²) in [6, 6.07) is 8.85. The molecule has 0 saturated carbocycles. The number of benzene rings is 1. The van der Waals surface area contributed by atoms with Crippen molar-refractivity contribution in [3.63, 3.8) is 0 Å². The molecular weight excluding hydrogens is 320 g/mol. The van der Waals surface area contributed by atoms with E-state index in [9.17, 15) is 4.79 Å². The highest BCUT2D eigenvalue weighted by molar-refractivity contribution is 9.10. The highest BCUT2D eigenvalue weighted by atomic mass is 79.9. The van der Waals surface area contributed by atoms with Crippen molar-refractivity contribution in [2.45, 2.75) is 0 Å². The van der Waals surface area contributed by atoms with Gasteiger partial charge in [0.05, 0.1) is 16.8 Å².